The molecule has 0 radical (unpaired) electrons. The zero-order chi connectivity index (χ0) is 20.2. The molecule has 2 aliphatic rings. The van der Waals surface area contributed by atoms with Gasteiger partial charge in [-0.3, -0.25) is 9.78 Å². The first-order valence-corrected chi connectivity index (χ1v) is 11.5. The molecule has 0 aliphatic carbocycles. The molecular formula is C18H23N7O3S. The van der Waals surface area contributed by atoms with Crippen molar-refractivity contribution in [2.75, 3.05) is 37.5 Å². The van der Waals surface area contributed by atoms with Crippen LogP contribution in [0.5, 0.6) is 0 Å². The monoisotopic (exact) mass is 417 g/mol. The Labute approximate surface area is 168 Å². The van der Waals surface area contributed by atoms with Gasteiger partial charge in [0.15, 0.2) is 0 Å². The van der Waals surface area contributed by atoms with Crippen LogP contribution in [0.4, 0.5) is 5.82 Å². The van der Waals surface area contributed by atoms with E-state index < -0.39 is 10.0 Å². The molecule has 0 spiro atoms. The Bertz CT molecular complexity index is 1160. The molecule has 5 rings (SSSR count). The lowest BCUT2D eigenvalue weighted by Crippen LogP contribution is -2.44. The van der Waals surface area contributed by atoms with Crippen molar-refractivity contribution in [3.8, 4) is 11.4 Å². The molecule has 0 aromatic carbocycles. The van der Waals surface area contributed by atoms with Gasteiger partial charge in [-0.05, 0) is 24.6 Å². The maximum absolute atomic E-state index is 12.3. The Balaban J connectivity index is 1.72. The number of nitrogens with one attached hydrogen (secondary N) is 1. The highest BCUT2D eigenvalue weighted by Gasteiger charge is 2.29. The van der Waals surface area contributed by atoms with Crippen molar-refractivity contribution in [2.24, 2.45) is 0 Å². The predicted molar refractivity (Wildman–Crippen MR) is 108 cm³/mol. The molecule has 29 heavy (non-hydrogen) atoms. The van der Waals surface area contributed by atoms with Crippen molar-refractivity contribution in [3.63, 3.8) is 0 Å². The van der Waals surface area contributed by atoms with Gasteiger partial charge in [0.2, 0.25) is 10.0 Å². The maximum Gasteiger partial charge on any atom is 0.211 e. The number of ether oxygens (including phenoxy) is 1. The van der Waals surface area contributed by atoms with Gasteiger partial charge in [-0.15, -0.1) is 0 Å². The van der Waals surface area contributed by atoms with E-state index in [1.54, 1.807) is 6.20 Å². The summed E-state index contributed by atoms with van der Waals surface area (Å²) in [4.78, 5) is 7.17. The van der Waals surface area contributed by atoms with E-state index in [1.807, 2.05) is 16.8 Å². The largest absolute Gasteiger partial charge is 0.377 e. The van der Waals surface area contributed by atoms with Gasteiger partial charge in [0, 0.05) is 25.8 Å². The van der Waals surface area contributed by atoms with E-state index in [2.05, 4.69) is 22.0 Å². The van der Waals surface area contributed by atoms with E-state index in [-0.39, 0.29) is 6.04 Å². The van der Waals surface area contributed by atoms with Crippen molar-refractivity contribution in [1.82, 2.24) is 29.3 Å². The topological polar surface area (TPSA) is 109 Å². The minimum atomic E-state index is -3.32. The van der Waals surface area contributed by atoms with Crippen LogP contribution in [0.2, 0.25) is 0 Å². The quantitative estimate of drug-likeness (QED) is 0.672. The molecule has 2 aliphatic heterocycles. The summed E-state index contributed by atoms with van der Waals surface area (Å²) >= 11 is 0. The van der Waals surface area contributed by atoms with Crippen LogP contribution in [0.25, 0.3) is 22.4 Å². The first-order valence-electron chi connectivity index (χ1n) is 9.62. The summed E-state index contributed by atoms with van der Waals surface area (Å²) in [6.45, 7) is 5.25. The van der Waals surface area contributed by atoms with E-state index in [1.165, 1.54) is 10.6 Å². The van der Waals surface area contributed by atoms with E-state index in [9.17, 15) is 8.42 Å². The highest BCUT2D eigenvalue weighted by molar-refractivity contribution is 7.88. The summed E-state index contributed by atoms with van der Waals surface area (Å²) in [5.41, 5.74) is 3.95. The molecule has 0 amide bonds. The van der Waals surface area contributed by atoms with Crippen LogP contribution in [0.1, 0.15) is 12.5 Å². The molecule has 0 saturated carbocycles. The van der Waals surface area contributed by atoms with Gasteiger partial charge in [0.05, 0.1) is 37.6 Å². The van der Waals surface area contributed by atoms with Gasteiger partial charge >= 0.3 is 0 Å². The normalized spacial score (nSPS) is 20.9. The summed E-state index contributed by atoms with van der Waals surface area (Å²) < 4.78 is 33.5. The molecule has 3 aromatic heterocycles. The van der Waals surface area contributed by atoms with Crippen molar-refractivity contribution >= 4 is 26.9 Å². The number of rotatable bonds is 3. The van der Waals surface area contributed by atoms with Gasteiger partial charge in [0.25, 0.3) is 0 Å². The van der Waals surface area contributed by atoms with Crippen LogP contribution in [-0.2, 0) is 27.8 Å². The van der Waals surface area contributed by atoms with Crippen molar-refractivity contribution < 1.29 is 13.2 Å². The van der Waals surface area contributed by atoms with E-state index in [4.69, 9.17) is 14.8 Å². The Kier molecular flexibility index (Phi) is 4.33. The van der Waals surface area contributed by atoms with E-state index in [0.717, 1.165) is 34.7 Å². The summed E-state index contributed by atoms with van der Waals surface area (Å²) in [6, 6.07) is 4.05. The number of morpholine rings is 1. The lowest BCUT2D eigenvalue weighted by molar-refractivity contribution is 0.0985. The fourth-order valence-electron chi connectivity index (χ4n) is 4.07. The number of nitrogens with zero attached hydrogens (tertiary/aromatic N) is 6. The number of hydrogen-bond acceptors (Lipinski definition) is 7. The summed E-state index contributed by atoms with van der Waals surface area (Å²) in [7, 11) is -3.32. The molecular weight excluding hydrogens is 394 g/mol. The molecule has 0 unspecified atom stereocenters. The molecule has 1 fully saturated rings. The molecule has 11 heteroatoms. The lowest BCUT2D eigenvalue weighted by atomic mass is 10.1. The minimum absolute atomic E-state index is 0.182. The third-order valence-electron chi connectivity index (χ3n) is 5.54. The number of sulfonamides is 1. The van der Waals surface area contributed by atoms with Crippen LogP contribution in [0, 0.1) is 0 Å². The molecule has 3 aromatic rings. The fourth-order valence-corrected chi connectivity index (χ4v) is 4.85. The first-order chi connectivity index (χ1) is 13.9. The zero-order valence-electron chi connectivity index (χ0n) is 16.4. The minimum Gasteiger partial charge on any atom is -0.377 e. The highest BCUT2D eigenvalue weighted by Crippen LogP contribution is 2.33. The lowest BCUT2D eigenvalue weighted by Gasteiger charge is -2.34. The smallest absolute Gasteiger partial charge is 0.211 e. The van der Waals surface area contributed by atoms with Crippen molar-refractivity contribution in [2.45, 2.75) is 26.1 Å². The first kappa shape index (κ1) is 18.5. The molecule has 10 nitrogen and oxygen atoms in total. The predicted octanol–water partition coefficient (Wildman–Crippen LogP) is 0.822. The standard InChI is InChI=1S/C18H23N7O3S/c1-12-11-28-8-7-24(12)15-9-13-10-23(29(2,26)27)5-6-25-18(13)17(20-15)16(22-25)14-3-4-19-21-14/h3-4,9,12H,5-8,10-11H2,1-2H3,(H,19,21)/t12-/m1/s1. The SMILES string of the molecule is C[C@@H]1COCCN1c1cc2c3c(n1)c(-c1cc[nH]n1)nn3CCN(S(C)(=O)=O)C2. The molecule has 0 bridgehead atoms. The molecule has 1 atom stereocenters. The fraction of sp³-hybridized carbons (Fsp3) is 0.500. The van der Waals surface area contributed by atoms with Crippen LogP contribution in [-0.4, -0.2) is 76.3 Å². The molecule has 1 N–H and O–H groups in total. The van der Waals surface area contributed by atoms with Gasteiger partial charge in [-0.2, -0.15) is 14.5 Å². The number of pyridine rings is 1. The third-order valence-corrected chi connectivity index (χ3v) is 6.79. The Morgan fingerprint density at radius 3 is 2.86 bits per heavy atom. The van der Waals surface area contributed by atoms with Crippen LogP contribution >= 0.6 is 0 Å². The second-order valence-electron chi connectivity index (χ2n) is 7.58. The summed E-state index contributed by atoms with van der Waals surface area (Å²) in [5.74, 6) is 0.815. The van der Waals surface area contributed by atoms with Gasteiger partial charge in [0.1, 0.15) is 22.7 Å². The zero-order valence-corrected chi connectivity index (χ0v) is 17.2. The van der Waals surface area contributed by atoms with Crippen molar-refractivity contribution in [1.29, 1.82) is 0 Å². The average Bonchev–Trinajstić information content (AvgIpc) is 3.27. The number of H-pyrrole nitrogens is 1. The van der Waals surface area contributed by atoms with Crippen LogP contribution in [0.3, 0.4) is 0 Å². The Hall–Kier alpha value is -2.50. The number of aromatic nitrogens is 5. The van der Waals surface area contributed by atoms with Crippen LogP contribution in [0.15, 0.2) is 18.3 Å². The van der Waals surface area contributed by atoms with E-state index in [0.29, 0.717) is 38.5 Å². The summed E-state index contributed by atoms with van der Waals surface area (Å²) in [6.07, 6.45) is 3.01. The Morgan fingerprint density at radius 2 is 2.14 bits per heavy atom. The molecule has 1 saturated heterocycles. The van der Waals surface area contributed by atoms with Crippen molar-refractivity contribution in [3.05, 3.63) is 23.9 Å². The number of anilines is 1. The van der Waals surface area contributed by atoms with E-state index >= 15 is 0 Å². The molecule has 5 heterocycles. The highest BCUT2D eigenvalue weighted by atomic mass is 32.2. The molecule has 154 valence electrons. The van der Waals surface area contributed by atoms with Gasteiger partial charge < -0.3 is 9.64 Å². The van der Waals surface area contributed by atoms with Gasteiger partial charge in [-0.25, -0.2) is 13.4 Å². The van der Waals surface area contributed by atoms with Crippen LogP contribution < -0.4 is 4.90 Å². The second-order valence-corrected chi connectivity index (χ2v) is 9.56. The second kappa shape index (κ2) is 6.78. The summed E-state index contributed by atoms with van der Waals surface area (Å²) in [5, 5.41) is 11.9. The Morgan fingerprint density at radius 1 is 1.28 bits per heavy atom. The number of hydrogen-bond donors (Lipinski definition) is 1. The number of aromatic amines is 1. The average molecular weight is 417 g/mol. The maximum atomic E-state index is 12.3. The third kappa shape index (κ3) is 3.18. The van der Waals surface area contributed by atoms with Gasteiger partial charge in [-0.1, -0.05) is 0 Å².